The minimum atomic E-state index is -0.0996. The quantitative estimate of drug-likeness (QED) is 0.737. The maximum atomic E-state index is 12.0. The van der Waals surface area contributed by atoms with Gasteiger partial charge in [0, 0.05) is 13.1 Å². The Morgan fingerprint density at radius 2 is 1.87 bits per heavy atom. The summed E-state index contributed by atoms with van der Waals surface area (Å²) >= 11 is 0. The fourth-order valence-electron chi connectivity index (χ4n) is 1.91. The second-order valence-corrected chi connectivity index (χ2v) is 5.07. The van der Waals surface area contributed by atoms with Crippen molar-refractivity contribution in [2.75, 3.05) is 27.3 Å². The molecule has 5 heteroatoms. The standard InChI is InChI=1S/C18H21NO4/c1-14-4-5-17(23-14)10-11-18(20)19(2)12-13-22-16-8-6-15(21-3)7-9-16/h4-11H,12-13H2,1-3H3/b11-10+. The van der Waals surface area contributed by atoms with Gasteiger partial charge in [0.05, 0.1) is 13.7 Å². The van der Waals surface area contributed by atoms with Gasteiger partial charge in [0.15, 0.2) is 0 Å². The number of amides is 1. The summed E-state index contributed by atoms with van der Waals surface area (Å²) in [5, 5.41) is 0. The molecule has 0 radical (unpaired) electrons. The van der Waals surface area contributed by atoms with E-state index < -0.39 is 0 Å². The Balaban J connectivity index is 1.76. The molecule has 0 fully saturated rings. The first kappa shape index (κ1) is 16.7. The highest BCUT2D eigenvalue weighted by Gasteiger charge is 2.05. The molecule has 0 atom stereocenters. The first-order chi connectivity index (χ1) is 11.1. The Morgan fingerprint density at radius 3 is 2.48 bits per heavy atom. The average Bonchev–Trinajstić information content (AvgIpc) is 2.98. The predicted octanol–water partition coefficient (Wildman–Crippen LogP) is 3.15. The minimum absolute atomic E-state index is 0.0996. The number of hydrogen-bond donors (Lipinski definition) is 0. The number of carbonyl (C=O) groups excluding carboxylic acids is 1. The molecule has 23 heavy (non-hydrogen) atoms. The molecule has 122 valence electrons. The molecule has 0 aliphatic rings. The van der Waals surface area contributed by atoms with E-state index in [1.165, 1.54) is 6.08 Å². The van der Waals surface area contributed by atoms with Gasteiger partial charge in [-0.3, -0.25) is 4.79 Å². The van der Waals surface area contributed by atoms with Crippen molar-refractivity contribution in [3.63, 3.8) is 0 Å². The zero-order chi connectivity index (χ0) is 16.7. The summed E-state index contributed by atoms with van der Waals surface area (Å²) in [5.74, 6) is 2.91. The van der Waals surface area contributed by atoms with Crippen LogP contribution < -0.4 is 9.47 Å². The Hall–Kier alpha value is -2.69. The van der Waals surface area contributed by atoms with Crippen LogP contribution in [0.2, 0.25) is 0 Å². The zero-order valence-corrected chi connectivity index (χ0v) is 13.6. The minimum Gasteiger partial charge on any atom is -0.497 e. The van der Waals surface area contributed by atoms with Crippen LogP contribution in [0.1, 0.15) is 11.5 Å². The third-order valence-corrected chi connectivity index (χ3v) is 3.28. The van der Waals surface area contributed by atoms with Crippen LogP contribution in [0.15, 0.2) is 46.9 Å². The molecule has 0 aliphatic heterocycles. The third kappa shape index (κ3) is 5.21. The van der Waals surface area contributed by atoms with Crippen molar-refractivity contribution >= 4 is 12.0 Å². The van der Waals surface area contributed by atoms with E-state index in [-0.39, 0.29) is 5.91 Å². The molecule has 0 spiro atoms. The van der Waals surface area contributed by atoms with Crippen molar-refractivity contribution in [2.24, 2.45) is 0 Å². The number of ether oxygens (including phenoxy) is 2. The molecular formula is C18H21NO4. The van der Waals surface area contributed by atoms with E-state index in [0.717, 1.165) is 17.3 Å². The summed E-state index contributed by atoms with van der Waals surface area (Å²) in [4.78, 5) is 13.6. The molecular weight excluding hydrogens is 294 g/mol. The smallest absolute Gasteiger partial charge is 0.246 e. The number of rotatable bonds is 7. The fourth-order valence-corrected chi connectivity index (χ4v) is 1.91. The van der Waals surface area contributed by atoms with Gasteiger partial charge < -0.3 is 18.8 Å². The van der Waals surface area contributed by atoms with Crippen LogP contribution in [-0.2, 0) is 4.79 Å². The highest BCUT2D eigenvalue weighted by Crippen LogP contribution is 2.16. The molecule has 1 aromatic carbocycles. The predicted molar refractivity (Wildman–Crippen MR) is 88.6 cm³/mol. The van der Waals surface area contributed by atoms with E-state index in [1.54, 1.807) is 25.1 Å². The second-order valence-electron chi connectivity index (χ2n) is 5.07. The van der Waals surface area contributed by atoms with Gasteiger partial charge in [-0.1, -0.05) is 0 Å². The van der Waals surface area contributed by atoms with E-state index in [0.29, 0.717) is 18.9 Å². The van der Waals surface area contributed by atoms with Gasteiger partial charge in [-0.25, -0.2) is 0 Å². The molecule has 0 bridgehead atoms. The Kier molecular flexibility index (Phi) is 5.86. The largest absolute Gasteiger partial charge is 0.497 e. The van der Waals surface area contributed by atoms with E-state index in [1.807, 2.05) is 43.3 Å². The summed E-state index contributed by atoms with van der Waals surface area (Å²) in [6, 6.07) is 11.0. The molecule has 2 aromatic rings. The first-order valence-electron chi connectivity index (χ1n) is 7.35. The van der Waals surface area contributed by atoms with E-state index >= 15 is 0 Å². The number of furan rings is 1. The second kappa shape index (κ2) is 8.08. The molecule has 0 N–H and O–H groups in total. The lowest BCUT2D eigenvalue weighted by Gasteiger charge is -2.15. The molecule has 5 nitrogen and oxygen atoms in total. The Labute approximate surface area is 136 Å². The average molecular weight is 315 g/mol. The summed E-state index contributed by atoms with van der Waals surface area (Å²) < 4.78 is 16.1. The van der Waals surface area contributed by atoms with Crippen molar-refractivity contribution in [3.8, 4) is 11.5 Å². The third-order valence-electron chi connectivity index (χ3n) is 3.28. The van der Waals surface area contributed by atoms with Crippen molar-refractivity contribution in [1.82, 2.24) is 4.90 Å². The van der Waals surface area contributed by atoms with Crippen LogP contribution in [0.4, 0.5) is 0 Å². The number of carbonyl (C=O) groups is 1. The van der Waals surface area contributed by atoms with Crippen LogP contribution in [0, 0.1) is 6.92 Å². The van der Waals surface area contributed by atoms with Crippen LogP contribution in [0.5, 0.6) is 11.5 Å². The van der Waals surface area contributed by atoms with Crippen molar-refractivity contribution in [3.05, 3.63) is 54.0 Å². The zero-order valence-electron chi connectivity index (χ0n) is 13.6. The highest BCUT2D eigenvalue weighted by atomic mass is 16.5. The lowest BCUT2D eigenvalue weighted by atomic mass is 10.3. The van der Waals surface area contributed by atoms with Gasteiger partial charge in [0.2, 0.25) is 5.91 Å². The highest BCUT2D eigenvalue weighted by molar-refractivity contribution is 5.91. The molecule has 1 amide bonds. The first-order valence-corrected chi connectivity index (χ1v) is 7.35. The number of methoxy groups -OCH3 is 1. The SMILES string of the molecule is COc1ccc(OCCN(C)C(=O)/C=C/c2ccc(C)o2)cc1. The van der Waals surface area contributed by atoms with E-state index in [4.69, 9.17) is 13.9 Å². The molecule has 1 heterocycles. The van der Waals surface area contributed by atoms with Crippen molar-refractivity contribution < 1.29 is 18.7 Å². The Morgan fingerprint density at radius 1 is 1.17 bits per heavy atom. The maximum Gasteiger partial charge on any atom is 0.246 e. The fraction of sp³-hybridized carbons (Fsp3) is 0.278. The Bertz CT molecular complexity index is 658. The summed E-state index contributed by atoms with van der Waals surface area (Å²) in [7, 11) is 3.35. The lowest BCUT2D eigenvalue weighted by Crippen LogP contribution is -2.29. The van der Waals surface area contributed by atoms with Gasteiger partial charge >= 0.3 is 0 Å². The topological polar surface area (TPSA) is 51.9 Å². The van der Waals surface area contributed by atoms with E-state index in [2.05, 4.69) is 0 Å². The van der Waals surface area contributed by atoms with Crippen LogP contribution in [0.3, 0.4) is 0 Å². The monoisotopic (exact) mass is 315 g/mol. The van der Waals surface area contributed by atoms with Crippen LogP contribution in [-0.4, -0.2) is 38.1 Å². The number of aryl methyl sites for hydroxylation is 1. The van der Waals surface area contributed by atoms with E-state index in [9.17, 15) is 4.79 Å². The van der Waals surface area contributed by atoms with Gasteiger partial charge in [0.1, 0.15) is 29.6 Å². The van der Waals surface area contributed by atoms with Gasteiger partial charge in [-0.05, 0) is 49.4 Å². The maximum absolute atomic E-state index is 12.0. The molecule has 0 unspecified atom stereocenters. The normalized spacial score (nSPS) is 10.7. The van der Waals surface area contributed by atoms with Crippen LogP contribution in [0.25, 0.3) is 6.08 Å². The molecule has 0 aliphatic carbocycles. The molecule has 2 rings (SSSR count). The lowest BCUT2D eigenvalue weighted by molar-refractivity contribution is -0.125. The number of likely N-dealkylation sites (N-methyl/N-ethyl adjacent to an activating group) is 1. The number of hydrogen-bond acceptors (Lipinski definition) is 4. The van der Waals surface area contributed by atoms with Crippen molar-refractivity contribution in [1.29, 1.82) is 0 Å². The van der Waals surface area contributed by atoms with Crippen LogP contribution >= 0.6 is 0 Å². The number of nitrogens with zero attached hydrogens (tertiary/aromatic N) is 1. The summed E-state index contributed by atoms with van der Waals surface area (Å²) in [5.41, 5.74) is 0. The van der Waals surface area contributed by atoms with Gasteiger partial charge in [-0.15, -0.1) is 0 Å². The summed E-state index contributed by atoms with van der Waals surface area (Å²) in [6.45, 7) is 2.77. The molecule has 0 saturated heterocycles. The van der Waals surface area contributed by atoms with Crippen molar-refractivity contribution in [2.45, 2.75) is 6.92 Å². The number of benzene rings is 1. The summed E-state index contributed by atoms with van der Waals surface area (Å²) in [6.07, 6.45) is 3.15. The van der Waals surface area contributed by atoms with Gasteiger partial charge in [0.25, 0.3) is 0 Å². The molecule has 0 saturated carbocycles. The van der Waals surface area contributed by atoms with Gasteiger partial charge in [-0.2, -0.15) is 0 Å². The molecule has 1 aromatic heterocycles.